The second-order valence-electron chi connectivity index (χ2n) is 6.24. The van der Waals surface area contributed by atoms with Crippen molar-refractivity contribution in [2.24, 2.45) is 0 Å². The zero-order valence-electron chi connectivity index (χ0n) is 15.0. The van der Waals surface area contributed by atoms with Crippen LogP contribution < -0.4 is 4.89 Å². The molecule has 2 heterocycles. The first kappa shape index (κ1) is 19.4. The van der Waals surface area contributed by atoms with Crippen molar-refractivity contribution < 1.29 is 18.0 Å². The summed E-state index contributed by atoms with van der Waals surface area (Å²) in [6.07, 6.45) is 3.60. The monoisotopic (exact) mass is 390 g/mol. The Morgan fingerprint density at radius 3 is 2.44 bits per heavy atom. The van der Waals surface area contributed by atoms with E-state index >= 15 is 0 Å². The first-order valence-corrected chi connectivity index (χ1v) is 10.0. The molecule has 1 saturated heterocycles. The summed E-state index contributed by atoms with van der Waals surface area (Å²) in [6, 6.07) is 9.79. The van der Waals surface area contributed by atoms with Gasteiger partial charge in [-0.1, -0.05) is 11.0 Å². The SMILES string of the molecule is CONS(=O)(=O)c1ccc(C(=O)N2CCN(Cc3cccnc3)CC2)cc1. The topological polar surface area (TPSA) is 91.8 Å². The van der Waals surface area contributed by atoms with E-state index in [-0.39, 0.29) is 10.8 Å². The van der Waals surface area contributed by atoms with Gasteiger partial charge in [-0.15, -0.1) is 0 Å². The van der Waals surface area contributed by atoms with Gasteiger partial charge in [-0.25, -0.2) is 8.42 Å². The number of rotatable bonds is 6. The van der Waals surface area contributed by atoms with Crippen LogP contribution in [0.4, 0.5) is 0 Å². The van der Waals surface area contributed by atoms with Crippen molar-refractivity contribution in [3.05, 3.63) is 59.9 Å². The van der Waals surface area contributed by atoms with E-state index in [2.05, 4.69) is 14.7 Å². The largest absolute Gasteiger partial charge is 0.336 e. The Bertz CT molecular complexity index is 864. The molecule has 0 saturated carbocycles. The van der Waals surface area contributed by atoms with Crippen molar-refractivity contribution in [1.82, 2.24) is 19.7 Å². The summed E-state index contributed by atoms with van der Waals surface area (Å²) in [4.78, 5) is 27.3. The third kappa shape index (κ3) is 4.89. The molecule has 3 rings (SSSR count). The molecule has 0 atom stereocenters. The summed E-state index contributed by atoms with van der Waals surface area (Å²) < 4.78 is 23.7. The van der Waals surface area contributed by atoms with Gasteiger partial charge in [0.25, 0.3) is 15.9 Å². The Hall–Kier alpha value is -2.33. The summed E-state index contributed by atoms with van der Waals surface area (Å²) in [6.45, 7) is 3.64. The van der Waals surface area contributed by atoms with Gasteiger partial charge in [-0.2, -0.15) is 0 Å². The van der Waals surface area contributed by atoms with Gasteiger partial charge in [-0.3, -0.25) is 19.5 Å². The van der Waals surface area contributed by atoms with E-state index in [1.807, 2.05) is 23.2 Å². The number of piperazine rings is 1. The van der Waals surface area contributed by atoms with Gasteiger partial charge in [0.1, 0.15) is 0 Å². The molecule has 8 nitrogen and oxygen atoms in total. The number of sulfonamides is 1. The molecular formula is C18H22N4O4S. The van der Waals surface area contributed by atoms with E-state index in [1.165, 1.54) is 31.4 Å². The molecule has 1 aromatic carbocycles. The van der Waals surface area contributed by atoms with E-state index < -0.39 is 10.0 Å². The molecule has 1 aliphatic heterocycles. The molecule has 1 aliphatic rings. The lowest BCUT2D eigenvalue weighted by molar-refractivity contribution is 0.0628. The molecule has 0 unspecified atom stereocenters. The zero-order chi connectivity index (χ0) is 19.3. The minimum atomic E-state index is -3.72. The molecule has 1 aromatic heterocycles. The number of amides is 1. The summed E-state index contributed by atoms with van der Waals surface area (Å²) in [5, 5.41) is 0. The molecule has 0 aliphatic carbocycles. The maximum absolute atomic E-state index is 12.7. The summed E-state index contributed by atoms with van der Waals surface area (Å²) in [7, 11) is -2.50. The molecular weight excluding hydrogens is 368 g/mol. The molecule has 1 N–H and O–H groups in total. The Morgan fingerprint density at radius 1 is 1.15 bits per heavy atom. The number of pyridine rings is 1. The predicted molar refractivity (Wildman–Crippen MR) is 99.2 cm³/mol. The van der Waals surface area contributed by atoms with Crippen molar-refractivity contribution in [3.8, 4) is 0 Å². The van der Waals surface area contributed by atoms with Crippen LogP contribution in [0.25, 0.3) is 0 Å². The van der Waals surface area contributed by atoms with Gasteiger partial charge in [0, 0.05) is 50.7 Å². The number of aromatic nitrogens is 1. The van der Waals surface area contributed by atoms with Gasteiger partial charge in [0.2, 0.25) is 0 Å². The smallest absolute Gasteiger partial charge is 0.262 e. The Labute approximate surface area is 158 Å². The van der Waals surface area contributed by atoms with Crippen molar-refractivity contribution in [2.45, 2.75) is 11.4 Å². The van der Waals surface area contributed by atoms with Crippen LogP contribution in [0.5, 0.6) is 0 Å². The van der Waals surface area contributed by atoms with Crippen LogP contribution in [-0.4, -0.2) is 62.4 Å². The van der Waals surface area contributed by atoms with Gasteiger partial charge in [0.05, 0.1) is 12.0 Å². The van der Waals surface area contributed by atoms with Crippen molar-refractivity contribution in [1.29, 1.82) is 0 Å². The van der Waals surface area contributed by atoms with E-state index in [4.69, 9.17) is 0 Å². The lowest BCUT2D eigenvalue weighted by Crippen LogP contribution is -2.48. The molecule has 144 valence electrons. The molecule has 1 fully saturated rings. The average Bonchev–Trinajstić information content (AvgIpc) is 2.69. The Kier molecular flexibility index (Phi) is 6.17. The van der Waals surface area contributed by atoms with Gasteiger partial charge in [-0.05, 0) is 35.9 Å². The maximum atomic E-state index is 12.7. The number of carbonyl (C=O) groups is 1. The minimum Gasteiger partial charge on any atom is -0.336 e. The van der Waals surface area contributed by atoms with Crippen LogP contribution in [-0.2, 0) is 21.4 Å². The van der Waals surface area contributed by atoms with E-state index in [0.29, 0.717) is 18.7 Å². The van der Waals surface area contributed by atoms with Gasteiger partial charge < -0.3 is 4.90 Å². The van der Waals surface area contributed by atoms with E-state index in [1.54, 1.807) is 11.1 Å². The minimum absolute atomic E-state index is 0.0437. The highest BCUT2D eigenvalue weighted by Crippen LogP contribution is 2.14. The molecule has 0 spiro atoms. The normalized spacial score (nSPS) is 15.7. The third-order valence-electron chi connectivity index (χ3n) is 4.39. The fourth-order valence-corrected chi connectivity index (χ4v) is 3.79. The van der Waals surface area contributed by atoms with Crippen LogP contribution in [0.15, 0.2) is 53.7 Å². The molecule has 2 aromatic rings. The summed E-state index contributed by atoms with van der Waals surface area (Å²) in [5.41, 5.74) is 1.62. The molecule has 0 bridgehead atoms. The van der Waals surface area contributed by atoms with Crippen LogP contribution in [0.2, 0.25) is 0 Å². The molecule has 9 heteroatoms. The molecule has 0 radical (unpaired) electrons. The van der Waals surface area contributed by atoms with Crippen LogP contribution >= 0.6 is 0 Å². The first-order valence-electron chi connectivity index (χ1n) is 8.55. The third-order valence-corrected chi connectivity index (χ3v) is 5.67. The second-order valence-corrected chi connectivity index (χ2v) is 7.89. The maximum Gasteiger partial charge on any atom is 0.262 e. The Morgan fingerprint density at radius 2 is 1.85 bits per heavy atom. The van der Waals surface area contributed by atoms with E-state index in [9.17, 15) is 13.2 Å². The number of nitrogens with one attached hydrogen (secondary N) is 1. The number of carbonyl (C=O) groups excluding carboxylic acids is 1. The quantitative estimate of drug-likeness (QED) is 0.736. The van der Waals surface area contributed by atoms with Crippen LogP contribution in [0.3, 0.4) is 0 Å². The van der Waals surface area contributed by atoms with Gasteiger partial charge in [0.15, 0.2) is 0 Å². The van der Waals surface area contributed by atoms with Crippen LogP contribution in [0.1, 0.15) is 15.9 Å². The highest BCUT2D eigenvalue weighted by molar-refractivity contribution is 7.89. The number of hydrogen-bond donors (Lipinski definition) is 1. The van der Waals surface area contributed by atoms with Crippen molar-refractivity contribution in [2.75, 3.05) is 33.3 Å². The Balaban J connectivity index is 1.57. The molecule has 27 heavy (non-hydrogen) atoms. The van der Waals surface area contributed by atoms with Crippen molar-refractivity contribution in [3.63, 3.8) is 0 Å². The van der Waals surface area contributed by atoms with Crippen molar-refractivity contribution >= 4 is 15.9 Å². The zero-order valence-corrected chi connectivity index (χ0v) is 15.9. The lowest BCUT2D eigenvalue weighted by atomic mass is 10.1. The number of benzene rings is 1. The fraction of sp³-hybridized carbons (Fsp3) is 0.333. The summed E-state index contributed by atoms with van der Waals surface area (Å²) >= 11 is 0. The van der Waals surface area contributed by atoms with Crippen LogP contribution in [0, 0.1) is 0 Å². The first-order chi connectivity index (χ1) is 13.0. The average molecular weight is 390 g/mol. The highest BCUT2D eigenvalue weighted by atomic mass is 32.2. The molecule has 1 amide bonds. The predicted octanol–water partition coefficient (Wildman–Crippen LogP) is 0.879. The second kappa shape index (κ2) is 8.57. The fourth-order valence-electron chi connectivity index (χ4n) is 2.98. The number of hydrogen-bond acceptors (Lipinski definition) is 6. The highest BCUT2D eigenvalue weighted by Gasteiger charge is 2.23. The standard InChI is InChI=1S/C18H22N4O4S/c1-26-20-27(24,25)17-6-4-16(5-7-17)18(23)22-11-9-21(10-12-22)14-15-3-2-8-19-13-15/h2-8,13,20H,9-12,14H2,1H3. The summed E-state index contributed by atoms with van der Waals surface area (Å²) in [5.74, 6) is -0.0975. The lowest BCUT2D eigenvalue weighted by Gasteiger charge is -2.34. The van der Waals surface area contributed by atoms with Gasteiger partial charge >= 0.3 is 0 Å². The number of nitrogens with zero attached hydrogens (tertiary/aromatic N) is 3. The van der Waals surface area contributed by atoms with E-state index in [0.717, 1.165) is 25.2 Å².